The molecule has 0 heterocycles. The molecule has 0 saturated heterocycles. The Bertz CT molecular complexity index is 288. The summed E-state index contributed by atoms with van der Waals surface area (Å²) >= 11 is 0. The van der Waals surface area contributed by atoms with Gasteiger partial charge in [0.1, 0.15) is 0 Å². The zero-order valence-electron chi connectivity index (χ0n) is 12.3. The number of ether oxygens (including phenoxy) is 2. The first-order valence-corrected chi connectivity index (χ1v) is 7.10. The molecule has 0 aromatic rings. The van der Waals surface area contributed by atoms with Crippen LogP contribution in [0.1, 0.15) is 52.4 Å². The summed E-state index contributed by atoms with van der Waals surface area (Å²) in [6.45, 7) is 4.04. The summed E-state index contributed by atoms with van der Waals surface area (Å²) in [6, 6.07) is 0. The molecule has 2 atom stereocenters. The molecule has 6 nitrogen and oxygen atoms in total. The smallest absolute Gasteiger partial charge is 0.332 e. The van der Waals surface area contributed by atoms with E-state index in [0.717, 1.165) is 37.8 Å². The van der Waals surface area contributed by atoms with Crippen LogP contribution < -0.4 is 11.5 Å². The summed E-state index contributed by atoms with van der Waals surface area (Å²) in [5.41, 5.74) is 11.2. The normalized spacial score (nSPS) is 14.0. The highest BCUT2D eigenvalue weighted by Gasteiger charge is 2.09. The lowest BCUT2D eigenvalue weighted by Gasteiger charge is -2.11. The summed E-state index contributed by atoms with van der Waals surface area (Å²) < 4.78 is 9.77. The first-order valence-electron chi connectivity index (χ1n) is 7.10. The molecule has 0 saturated carbocycles. The molecule has 0 spiro atoms. The minimum absolute atomic E-state index is 0.600. The first kappa shape index (κ1) is 18.6. The molecule has 116 valence electrons. The Balaban J connectivity index is 3.96. The number of unbranched alkanes of at least 4 members (excludes halogenated alkanes) is 2. The molecule has 2 unspecified atom stereocenters. The van der Waals surface area contributed by atoms with E-state index >= 15 is 0 Å². The number of esters is 2. The molecule has 0 bridgehead atoms. The molecule has 0 radical (unpaired) electrons. The third kappa shape index (κ3) is 10.5. The summed E-state index contributed by atoms with van der Waals surface area (Å²) in [6.07, 6.45) is 5.63. The van der Waals surface area contributed by atoms with E-state index in [1.165, 1.54) is 0 Å². The van der Waals surface area contributed by atoms with Gasteiger partial charge in [0.05, 0.1) is 0 Å². The van der Waals surface area contributed by atoms with Gasteiger partial charge in [-0.05, 0) is 25.7 Å². The van der Waals surface area contributed by atoms with Crippen molar-refractivity contribution in [3.8, 4) is 0 Å². The van der Waals surface area contributed by atoms with Gasteiger partial charge in [0, 0.05) is 12.2 Å². The molecule has 0 aliphatic heterocycles. The highest BCUT2D eigenvalue weighted by atomic mass is 16.6. The van der Waals surface area contributed by atoms with Crippen molar-refractivity contribution in [1.82, 2.24) is 0 Å². The van der Waals surface area contributed by atoms with Crippen LogP contribution in [0.3, 0.4) is 0 Å². The molecule has 0 fully saturated rings. The molecular weight excluding hydrogens is 260 g/mol. The third-order valence-corrected chi connectivity index (χ3v) is 2.57. The predicted molar refractivity (Wildman–Crippen MR) is 76.3 cm³/mol. The second kappa shape index (κ2) is 11.4. The lowest BCUT2D eigenvalue weighted by molar-refractivity contribution is -0.146. The second-order valence-corrected chi connectivity index (χ2v) is 4.57. The molecule has 4 N–H and O–H groups in total. The minimum Gasteiger partial charge on any atom is -0.444 e. The van der Waals surface area contributed by atoms with E-state index in [0.29, 0.717) is 12.8 Å². The van der Waals surface area contributed by atoms with Crippen molar-refractivity contribution in [1.29, 1.82) is 0 Å². The van der Waals surface area contributed by atoms with Gasteiger partial charge in [-0.3, -0.25) is 11.5 Å². The van der Waals surface area contributed by atoms with Crippen LogP contribution in [-0.2, 0) is 19.1 Å². The molecule has 0 aliphatic carbocycles. The largest absolute Gasteiger partial charge is 0.444 e. The van der Waals surface area contributed by atoms with Crippen LogP contribution in [0.5, 0.6) is 0 Å². The summed E-state index contributed by atoms with van der Waals surface area (Å²) in [5, 5.41) is 0. The number of hydrogen-bond acceptors (Lipinski definition) is 6. The van der Waals surface area contributed by atoms with E-state index in [1.807, 2.05) is 13.8 Å². The highest BCUT2D eigenvalue weighted by Crippen LogP contribution is 2.02. The zero-order valence-corrected chi connectivity index (χ0v) is 12.3. The number of carbonyl (C=O) groups excluding carboxylic acids is 2. The van der Waals surface area contributed by atoms with Crippen molar-refractivity contribution in [2.75, 3.05) is 0 Å². The van der Waals surface area contributed by atoms with Gasteiger partial charge in [0.15, 0.2) is 12.5 Å². The van der Waals surface area contributed by atoms with Crippen LogP contribution in [-0.4, -0.2) is 24.4 Å². The first-order chi connectivity index (χ1) is 9.49. The second-order valence-electron chi connectivity index (χ2n) is 4.57. The number of carbonyl (C=O) groups is 2. The molecule has 6 heteroatoms. The van der Waals surface area contributed by atoms with Crippen molar-refractivity contribution < 1.29 is 19.1 Å². The van der Waals surface area contributed by atoms with E-state index in [2.05, 4.69) is 0 Å². The predicted octanol–water partition coefficient (Wildman–Crippen LogP) is 1.58. The Kier molecular flexibility index (Phi) is 10.6. The average molecular weight is 286 g/mol. The SMILES string of the molecule is CCCCC(N)OC(=O)/C=C/C(=O)OC(N)CCCC. The van der Waals surface area contributed by atoms with Crippen LogP contribution >= 0.6 is 0 Å². The Morgan fingerprint density at radius 3 is 1.55 bits per heavy atom. The fraction of sp³-hybridized carbons (Fsp3) is 0.714. The van der Waals surface area contributed by atoms with E-state index in [9.17, 15) is 9.59 Å². The molecule has 0 aromatic carbocycles. The van der Waals surface area contributed by atoms with Gasteiger partial charge in [-0.1, -0.05) is 26.7 Å². The summed E-state index contributed by atoms with van der Waals surface area (Å²) in [7, 11) is 0. The topological polar surface area (TPSA) is 105 Å². The Labute approximate surface area is 120 Å². The highest BCUT2D eigenvalue weighted by molar-refractivity contribution is 5.91. The number of hydrogen-bond donors (Lipinski definition) is 2. The summed E-state index contributed by atoms with van der Waals surface area (Å²) in [4.78, 5) is 22.7. The minimum atomic E-state index is -0.660. The lowest BCUT2D eigenvalue weighted by atomic mass is 10.2. The van der Waals surface area contributed by atoms with Gasteiger partial charge < -0.3 is 9.47 Å². The van der Waals surface area contributed by atoms with Crippen LogP contribution in [0, 0.1) is 0 Å². The maximum Gasteiger partial charge on any atom is 0.332 e. The van der Waals surface area contributed by atoms with E-state index < -0.39 is 24.4 Å². The molecule has 0 aromatic heterocycles. The van der Waals surface area contributed by atoms with Crippen LogP contribution in [0.15, 0.2) is 12.2 Å². The fourth-order valence-electron chi connectivity index (χ4n) is 1.44. The quantitative estimate of drug-likeness (QED) is 0.359. The van der Waals surface area contributed by atoms with E-state index in [-0.39, 0.29) is 0 Å². The van der Waals surface area contributed by atoms with Gasteiger partial charge in [0.2, 0.25) is 0 Å². The Morgan fingerprint density at radius 2 is 1.25 bits per heavy atom. The Hall–Kier alpha value is -1.40. The maximum atomic E-state index is 11.4. The Morgan fingerprint density at radius 1 is 0.900 bits per heavy atom. The number of nitrogens with two attached hydrogens (primary N) is 2. The van der Waals surface area contributed by atoms with Crippen molar-refractivity contribution in [2.24, 2.45) is 11.5 Å². The van der Waals surface area contributed by atoms with Gasteiger partial charge in [-0.2, -0.15) is 0 Å². The molecule has 0 amide bonds. The van der Waals surface area contributed by atoms with Crippen molar-refractivity contribution in [3.63, 3.8) is 0 Å². The van der Waals surface area contributed by atoms with Crippen molar-refractivity contribution in [3.05, 3.63) is 12.2 Å². The van der Waals surface area contributed by atoms with E-state index in [4.69, 9.17) is 20.9 Å². The van der Waals surface area contributed by atoms with Crippen LogP contribution in [0.2, 0.25) is 0 Å². The standard InChI is InChI=1S/C14H26N2O4/c1-3-5-7-11(15)19-13(17)9-10-14(18)20-12(16)8-6-4-2/h9-12H,3-8,15-16H2,1-2H3/b10-9+. The van der Waals surface area contributed by atoms with Crippen LogP contribution in [0.25, 0.3) is 0 Å². The number of rotatable bonds is 10. The fourth-order valence-corrected chi connectivity index (χ4v) is 1.44. The monoisotopic (exact) mass is 286 g/mol. The van der Waals surface area contributed by atoms with E-state index in [1.54, 1.807) is 0 Å². The summed E-state index contributed by atoms with van der Waals surface area (Å²) in [5.74, 6) is -1.32. The van der Waals surface area contributed by atoms with Gasteiger partial charge >= 0.3 is 11.9 Å². The lowest BCUT2D eigenvalue weighted by Crippen LogP contribution is -2.27. The van der Waals surface area contributed by atoms with Crippen molar-refractivity contribution >= 4 is 11.9 Å². The molecule has 20 heavy (non-hydrogen) atoms. The van der Waals surface area contributed by atoms with Gasteiger partial charge in [-0.25, -0.2) is 9.59 Å². The van der Waals surface area contributed by atoms with Crippen molar-refractivity contribution in [2.45, 2.75) is 64.8 Å². The molecular formula is C14H26N2O4. The molecule has 0 rings (SSSR count). The van der Waals surface area contributed by atoms with Gasteiger partial charge in [-0.15, -0.1) is 0 Å². The zero-order chi connectivity index (χ0) is 15.4. The average Bonchev–Trinajstić information content (AvgIpc) is 2.40. The maximum absolute atomic E-state index is 11.4. The van der Waals surface area contributed by atoms with Gasteiger partial charge in [0.25, 0.3) is 0 Å². The van der Waals surface area contributed by atoms with Crippen LogP contribution in [0.4, 0.5) is 0 Å². The third-order valence-electron chi connectivity index (χ3n) is 2.57. The molecule has 0 aliphatic rings.